The second kappa shape index (κ2) is 6.06. The number of nitrogens with zero attached hydrogens (tertiary/aromatic N) is 1. The predicted molar refractivity (Wildman–Crippen MR) is 77.0 cm³/mol. The summed E-state index contributed by atoms with van der Waals surface area (Å²) < 4.78 is 5.30. The SMILES string of the molecule is Cc1ccccc1C(N)CN(C)C(=O)OC(C)(C)C. The summed E-state index contributed by atoms with van der Waals surface area (Å²) in [5.41, 5.74) is 7.85. The summed E-state index contributed by atoms with van der Waals surface area (Å²) in [7, 11) is 1.70. The van der Waals surface area contributed by atoms with Gasteiger partial charge in [-0.15, -0.1) is 0 Å². The van der Waals surface area contributed by atoms with Gasteiger partial charge in [-0.25, -0.2) is 4.79 Å². The molecule has 0 aromatic heterocycles. The number of amides is 1. The number of benzene rings is 1. The third-order valence-electron chi connectivity index (χ3n) is 2.76. The first-order valence-corrected chi connectivity index (χ1v) is 6.46. The van der Waals surface area contributed by atoms with Crippen LogP contribution in [-0.2, 0) is 4.74 Å². The van der Waals surface area contributed by atoms with Crippen molar-refractivity contribution in [1.82, 2.24) is 4.90 Å². The lowest BCUT2D eigenvalue weighted by Crippen LogP contribution is -2.38. The molecule has 19 heavy (non-hydrogen) atoms. The van der Waals surface area contributed by atoms with Crippen LogP contribution in [0.15, 0.2) is 24.3 Å². The van der Waals surface area contributed by atoms with Crippen LogP contribution in [-0.4, -0.2) is 30.2 Å². The van der Waals surface area contributed by atoms with Crippen LogP contribution in [0.5, 0.6) is 0 Å². The smallest absolute Gasteiger partial charge is 0.410 e. The van der Waals surface area contributed by atoms with E-state index in [1.165, 1.54) is 4.90 Å². The summed E-state index contributed by atoms with van der Waals surface area (Å²) in [5.74, 6) is 0. The lowest BCUT2D eigenvalue weighted by molar-refractivity contribution is 0.0289. The molecule has 1 amide bonds. The van der Waals surface area contributed by atoms with Crippen molar-refractivity contribution in [3.63, 3.8) is 0 Å². The van der Waals surface area contributed by atoms with Gasteiger partial charge in [0.05, 0.1) is 0 Å². The van der Waals surface area contributed by atoms with Crippen molar-refractivity contribution < 1.29 is 9.53 Å². The third kappa shape index (κ3) is 4.91. The zero-order valence-electron chi connectivity index (χ0n) is 12.4. The first-order valence-electron chi connectivity index (χ1n) is 6.46. The summed E-state index contributed by atoms with van der Waals surface area (Å²) in [6.45, 7) is 7.99. The van der Waals surface area contributed by atoms with Crippen molar-refractivity contribution in [1.29, 1.82) is 0 Å². The zero-order chi connectivity index (χ0) is 14.6. The largest absolute Gasteiger partial charge is 0.444 e. The highest BCUT2D eigenvalue weighted by Gasteiger charge is 2.21. The average molecular weight is 264 g/mol. The molecule has 1 rings (SSSR count). The van der Waals surface area contributed by atoms with Crippen LogP contribution in [0.4, 0.5) is 4.79 Å². The van der Waals surface area contributed by atoms with Crippen LogP contribution in [0.1, 0.15) is 37.9 Å². The molecule has 0 heterocycles. The molecule has 0 radical (unpaired) electrons. The Bertz CT molecular complexity index is 438. The van der Waals surface area contributed by atoms with Crippen molar-refractivity contribution in [2.75, 3.05) is 13.6 Å². The lowest BCUT2D eigenvalue weighted by atomic mass is 10.0. The summed E-state index contributed by atoms with van der Waals surface area (Å²) in [5, 5.41) is 0. The summed E-state index contributed by atoms with van der Waals surface area (Å²) in [4.78, 5) is 13.4. The molecule has 1 atom stereocenters. The van der Waals surface area contributed by atoms with E-state index in [9.17, 15) is 4.79 Å². The van der Waals surface area contributed by atoms with E-state index in [-0.39, 0.29) is 12.1 Å². The Kier molecular flexibility index (Phi) is 4.95. The monoisotopic (exact) mass is 264 g/mol. The molecule has 106 valence electrons. The van der Waals surface area contributed by atoms with Crippen LogP contribution in [0.2, 0.25) is 0 Å². The van der Waals surface area contributed by atoms with E-state index in [0.717, 1.165) is 11.1 Å². The van der Waals surface area contributed by atoms with Crippen LogP contribution >= 0.6 is 0 Å². The summed E-state index contributed by atoms with van der Waals surface area (Å²) >= 11 is 0. The second-order valence-electron chi connectivity index (χ2n) is 5.82. The molecule has 1 aromatic carbocycles. The fourth-order valence-corrected chi connectivity index (χ4v) is 1.81. The van der Waals surface area contributed by atoms with Gasteiger partial charge in [0.2, 0.25) is 0 Å². The molecule has 0 fully saturated rings. The highest BCUT2D eigenvalue weighted by atomic mass is 16.6. The standard InChI is InChI=1S/C15H24N2O2/c1-11-8-6-7-9-12(11)13(16)10-17(5)14(18)19-15(2,3)4/h6-9,13H,10,16H2,1-5H3. The number of nitrogens with two attached hydrogens (primary N) is 1. The molecule has 4 heteroatoms. The molecule has 1 unspecified atom stereocenters. The number of likely N-dealkylation sites (N-methyl/N-ethyl adjacent to an activating group) is 1. The second-order valence-corrected chi connectivity index (χ2v) is 5.82. The summed E-state index contributed by atoms with van der Waals surface area (Å²) in [6.07, 6.45) is -0.350. The lowest BCUT2D eigenvalue weighted by Gasteiger charge is -2.27. The molecule has 0 aliphatic rings. The van der Waals surface area contributed by atoms with E-state index >= 15 is 0 Å². The highest BCUT2D eigenvalue weighted by Crippen LogP contribution is 2.17. The number of ether oxygens (including phenoxy) is 1. The number of carbonyl (C=O) groups is 1. The van der Waals surface area contributed by atoms with Gasteiger partial charge in [-0.1, -0.05) is 24.3 Å². The average Bonchev–Trinajstić information content (AvgIpc) is 2.27. The first kappa shape index (κ1) is 15.5. The number of aryl methyl sites for hydroxylation is 1. The molecule has 1 aromatic rings. The van der Waals surface area contributed by atoms with E-state index in [1.54, 1.807) is 7.05 Å². The topological polar surface area (TPSA) is 55.6 Å². The molecule has 2 N–H and O–H groups in total. The molecular formula is C15H24N2O2. The third-order valence-corrected chi connectivity index (χ3v) is 2.76. The summed E-state index contributed by atoms with van der Waals surface area (Å²) in [6, 6.07) is 7.73. The fraction of sp³-hybridized carbons (Fsp3) is 0.533. The molecule has 0 aliphatic carbocycles. The molecule has 0 spiro atoms. The molecule has 0 saturated heterocycles. The van der Waals surface area contributed by atoms with Gasteiger partial charge in [-0.05, 0) is 38.8 Å². The van der Waals surface area contributed by atoms with Gasteiger partial charge in [0, 0.05) is 19.6 Å². The maximum absolute atomic E-state index is 11.9. The minimum absolute atomic E-state index is 0.210. The number of hydrogen-bond acceptors (Lipinski definition) is 3. The van der Waals surface area contributed by atoms with Gasteiger partial charge in [0.15, 0.2) is 0 Å². The Balaban J connectivity index is 2.64. The van der Waals surface area contributed by atoms with Gasteiger partial charge in [-0.2, -0.15) is 0 Å². The zero-order valence-corrected chi connectivity index (χ0v) is 12.4. The number of carbonyl (C=O) groups excluding carboxylic acids is 1. The number of rotatable bonds is 3. The molecular weight excluding hydrogens is 240 g/mol. The van der Waals surface area contributed by atoms with Gasteiger partial charge in [-0.3, -0.25) is 0 Å². The maximum atomic E-state index is 11.9. The minimum Gasteiger partial charge on any atom is -0.444 e. The van der Waals surface area contributed by atoms with E-state index in [1.807, 2.05) is 52.0 Å². The van der Waals surface area contributed by atoms with E-state index in [2.05, 4.69) is 0 Å². The van der Waals surface area contributed by atoms with Gasteiger partial charge in [0.1, 0.15) is 5.60 Å². The fourth-order valence-electron chi connectivity index (χ4n) is 1.81. The van der Waals surface area contributed by atoms with E-state index in [4.69, 9.17) is 10.5 Å². The van der Waals surface area contributed by atoms with Gasteiger partial charge in [0.25, 0.3) is 0 Å². The number of hydrogen-bond donors (Lipinski definition) is 1. The highest BCUT2D eigenvalue weighted by molar-refractivity contribution is 5.67. The van der Waals surface area contributed by atoms with Crippen molar-refractivity contribution in [2.24, 2.45) is 5.73 Å². The Morgan fingerprint density at radius 2 is 1.95 bits per heavy atom. The van der Waals surface area contributed by atoms with Crippen LogP contribution in [0.3, 0.4) is 0 Å². The normalized spacial score (nSPS) is 12.9. The molecule has 0 aliphatic heterocycles. The Hall–Kier alpha value is -1.55. The van der Waals surface area contributed by atoms with Crippen LogP contribution in [0.25, 0.3) is 0 Å². The van der Waals surface area contributed by atoms with Crippen molar-refractivity contribution in [3.8, 4) is 0 Å². The van der Waals surface area contributed by atoms with Crippen LogP contribution < -0.4 is 5.73 Å². The minimum atomic E-state index is -0.488. The first-order chi connectivity index (χ1) is 8.70. The van der Waals surface area contributed by atoms with Crippen molar-refractivity contribution in [3.05, 3.63) is 35.4 Å². The maximum Gasteiger partial charge on any atom is 0.410 e. The van der Waals surface area contributed by atoms with Gasteiger partial charge >= 0.3 is 6.09 Å². The molecule has 0 saturated carbocycles. The van der Waals surface area contributed by atoms with Crippen LogP contribution in [0, 0.1) is 6.92 Å². The van der Waals surface area contributed by atoms with Gasteiger partial charge < -0.3 is 15.4 Å². The van der Waals surface area contributed by atoms with Crippen molar-refractivity contribution >= 4 is 6.09 Å². The Morgan fingerprint density at radius 1 is 1.37 bits per heavy atom. The molecule has 0 bridgehead atoms. The Labute approximate surface area is 115 Å². The predicted octanol–water partition coefficient (Wildman–Crippen LogP) is 2.86. The molecule has 4 nitrogen and oxygen atoms in total. The van der Waals surface area contributed by atoms with Crippen molar-refractivity contribution in [2.45, 2.75) is 39.3 Å². The Morgan fingerprint density at radius 3 is 2.47 bits per heavy atom. The van der Waals surface area contributed by atoms with E-state index in [0.29, 0.717) is 6.54 Å². The van der Waals surface area contributed by atoms with E-state index < -0.39 is 5.60 Å². The quantitative estimate of drug-likeness (QED) is 0.913.